The van der Waals surface area contributed by atoms with E-state index in [0.717, 1.165) is 11.3 Å². The Balaban J connectivity index is 1.59. The van der Waals surface area contributed by atoms with Crippen LogP contribution in [-0.4, -0.2) is 37.0 Å². The number of aromatic nitrogens is 4. The lowest BCUT2D eigenvalue weighted by atomic mass is 10.1. The zero-order valence-electron chi connectivity index (χ0n) is 15.4. The number of pyridine rings is 2. The molecule has 0 bridgehead atoms. The summed E-state index contributed by atoms with van der Waals surface area (Å²) in [6.45, 7) is 1.75. The van der Waals surface area contributed by atoms with Crippen molar-refractivity contribution in [3.8, 4) is 11.6 Å². The van der Waals surface area contributed by atoms with Crippen LogP contribution in [0.4, 0.5) is 21.9 Å². The Bertz CT molecular complexity index is 1320. The minimum atomic E-state index is -1.11. The topological polar surface area (TPSA) is 130 Å². The molecule has 0 radical (unpaired) electrons. The van der Waals surface area contributed by atoms with Crippen LogP contribution in [0.15, 0.2) is 43.1 Å². The molecule has 2 amide bonds. The number of amides is 2. The van der Waals surface area contributed by atoms with Gasteiger partial charge in [-0.1, -0.05) is 0 Å². The van der Waals surface area contributed by atoms with Crippen LogP contribution in [0.5, 0.6) is 11.6 Å². The molecule has 0 saturated heterocycles. The third-order valence-corrected chi connectivity index (χ3v) is 5.56. The monoisotopic (exact) mass is 420 g/mol. The van der Waals surface area contributed by atoms with E-state index in [1.165, 1.54) is 23.6 Å². The number of carbonyl (C=O) groups is 2. The molecule has 30 heavy (non-hydrogen) atoms. The maximum Gasteiger partial charge on any atom is 0.348 e. The largest absolute Gasteiger partial charge is 0.477 e. The number of nitrogens with one attached hydrogen (secondary N) is 1. The second kappa shape index (κ2) is 6.74. The molecule has 0 aromatic carbocycles. The quantitative estimate of drug-likeness (QED) is 0.507. The second-order valence-electron chi connectivity index (χ2n) is 6.32. The molecule has 0 unspecified atom stereocenters. The maximum atomic E-state index is 12.9. The van der Waals surface area contributed by atoms with Crippen molar-refractivity contribution in [3.05, 3.63) is 53.7 Å². The standard InChI is InChI=1S/C19H12N6O4S/c1-9-11(2-3-13(23-9)29-10-6-20-8-21-7-10)25-12-4-5-22-17-14(12)15(24-19(25)28)16(30-17)18(26)27/h2-8H,1H3,(H,24,28)(H,26,27). The zero-order valence-corrected chi connectivity index (χ0v) is 16.2. The lowest BCUT2D eigenvalue weighted by Crippen LogP contribution is -2.34. The summed E-state index contributed by atoms with van der Waals surface area (Å²) in [5.74, 6) is -0.350. The van der Waals surface area contributed by atoms with Gasteiger partial charge in [0, 0.05) is 12.3 Å². The fourth-order valence-electron chi connectivity index (χ4n) is 3.26. The van der Waals surface area contributed by atoms with E-state index in [9.17, 15) is 14.7 Å². The second-order valence-corrected chi connectivity index (χ2v) is 7.32. The SMILES string of the molecule is Cc1nc(Oc2cncnc2)ccc1N1C(=O)Nc2c(C(=O)O)sc3nccc1c23. The average Bonchev–Trinajstić information content (AvgIpc) is 3.10. The number of hydrogen-bond acceptors (Lipinski definition) is 8. The number of thiophene rings is 1. The van der Waals surface area contributed by atoms with Crippen molar-refractivity contribution in [1.82, 2.24) is 19.9 Å². The van der Waals surface area contributed by atoms with E-state index in [0.29, 0.717) is 38.9 Å². The van der Waals surface area contributed by atoms with Crippen molar-refractivity contribution in [2.75, 3.05) is 10.2 Å². The van der Waals surface area contributed by atoms with E-state index >= 15 is 0 Å². The lowest BCUT2D eigenvalue weighted by Gasteiger charge is -2.29. The Morgan fingerprint density at radius 1 is 1.20 bits per heavy atom. The zero-order chi connectivity index (χ0) is 20.8. The van der Waals surface area contributed by atoms with Crippen molar-refractivity contribution in [3.63, 3.8) is 0 Å². The highest BCUT2D eigenvalue weighted by molar-refractivity contribution is 7.21. The van der Waals surface area contributed by atoms with Crippen LogP contribution in [0.3, 0.4) is 0 Å². The summed E-state index contributed by atoms with van der Waals surface area (Å²) >= 11 is 1.02. The number of carboxylic acids is 1. The van der Waals surface area contributed by atoms with Crippen LogP contribution in [0.25, 0.3) is 10.2 Å². The van der Waals surface area contributed by atoms with Crippen molar-refractivity contribution in [2.45, 2.75) is 6.92 Å². The molecule has 1 aliphatic heterocycles. The Kier molecular flexibility index (Phi) is 4.03. The van der Waals surface area contributed by atoms with Gasteiger partial charge in [-0.3, -0.25) is 4.90 Å². The predicted molar refractivity (Wildman–Crippen MR) is 109 cm³/mol. The summed E-state index contributed by atoms with van der Waals surface area (Å²) in [4.78, 5) is 43.0. The van der Waals surface area contributed by atoms with Gasteiger partial charge in [0.2, 0.25) is 5.88 Å². The Hall–Kier alpha value is -4.12. The number of anilines is 3. The summed E-state index contributed by atoms with van der Waals surface area (Å²) in [6.07, 6.45) is 5.97. The van der Waals surface area contributed by atoms with Gasteiger partial charge in [0.1, 0.15) is 16.0 Å². The molecule has 5 heterocycles. The van der Waals surface area contributed by atoms with Gasteiger partial charge in [0.15, 0.2) is 5.75 Å². The lowest BCUT2D eigenvalue weighted by molar-refractivity contribution is 0.0703. The first kappa shape index (κ1) is 17.9. The molecule has 0 saturated carbocycles. The fourth-order valence-corrected chi connectivity index (χ4v) is 4.21. The number of aryl methyl sites for hydroxylation is 1. The van der Waals surface area contributed by atoms with Crippen molar-refractivity contribution in [1.29, 1.82) is 0 Å². The summed E-state index contributed by atoms with van der Waals surface area (Å²) < 4.78 is 5.64. The minimum absolute atomic E-state index is 0.0432. The van der Waals surface area contributed by atoms with Gasteiger partial charge in [0.25, 0.3) is 0 Å². The van der Waals surface area contributed by atoms with Gasteiger partial charge >= 0.3 is 12.0 Å². The van der Waals surface area contributed by atoms with Crippen LogP contribution in [0.1, 0.15) is 15.4 Å². The highest BCUT2D eigenvalue weighted by Gasteiger charge is 2.33. The third-order valence-electron chi connectivity index (χ3n) is 4.47. The third kappa shape index (κ3) is 2.79. The van der Waals surface area contributed by atoms with Gasteiger partial charge in [-0.05, 0) is 19.1 Å². The number of urea groups is 1. The molecule has 0 aliphatic carbocycles. The smallest absolute Gasteiger partial charge is 0.348 e. The molecule has 148 valence electrons. The first-order chi connectivity index (χ1) is 14.5. The molecule has 5 rings (SSSR count). The Morgan fingerprint density at radius 2 is 2.00 bits per heavy atom. The summed E-state index contributed by atoms with van der Waals surface area (Å²) in [5, 5.41) is 12.7. The van der Waals surface area contributed by atoms with Crippen molar-refractivity contribution in [2.24, 2.45) is 0 Å². The number of ether oxygens (including phenoxy) is 1. The normalized spacial score (nSPS) is 12.7. The van der Waals surface area contributed by atoms with Gasteiger partial charge in [-0.25, -0.2) is 29.5 Å². The molecule has 4 aromatic rings. The molecule has 0 fully saturated rings. The van der Waals surface area contributed by atoms with Gasteiger partial charge in [-0.2, -0.15) is 0 Å². The number of rotatable bonds is 4. The van der Waals surface area contributed by atoms with Gasteiger partial charge in [-0.15, -0.1) is 11.3 Å². The van der Waals surface area contributed by atoms with Crippen LogP contribution < -0.4 is 15.0 Å². The first-order valence-corrected chi connectivity index (χ1v) is 9.51. The van der Waals surface area contributed by atoms with E-state index in [4.69, 9.17) is 4.74 Å². The molecular weight excluding hydrogens is 408 g/mol. The van der Waals surface area contributed by atoms with Crippen LogP contribution >= 0.6 is 11.3 Å². The molecular formula is C19H12N6O4S. The molecule has 2 N–H and O–H groups in total. The number of nitrogens with zero attached hydrogens (tertiary/aromatic N) is 5. The minimum Gasteiger partial charge on any atom is -0.477 e. The summed E-state index contributed by atoms with van der Waals surface area (Å²) in [7, 11) is 0. The number of hydrogen-bond donors (Lipinski definition) is 2. The molecule has 1 aliphatic rings. The Morgan fingerprint density at radius 3 is 2.73 bits per heavy atom. The first-order valence-electron chi connectivity index (χ1n) is 8.69. The van der Waals surface area contributed by atoms with E-state index in [1.807, 2.05) is 0 Å². The van der Waals surface area contributed by atoms with Crippen LogP contribution in [0.2, 0.25) is 0 Å². The molecule has 11 heteroatoms. The number of aromatic carboxylic acids is 1. The van der Waals surface area contributed by atoms with E-state index in [1.54, 1.807) is 31.3 Å². The highest BCUT2D eigenvalue weighted by Crippen LogP contribution is 2.46. The molecule has 10 nitrogen and oxygen atoms in total. The van der Waals surface area contributed by atoms with Crippen molar-refractivity contribution < 1.29 is 19.4 Å². The molecule has 0 spiro atoms. The van der Waals surface area contributed by atoms with E-state index in [-0.39, 0.29) is 10.6 Å². The number of carboxylic acid groups (broad SMARTS) is 1. The molecule has 0 atom stereocenters. The summed E-state index contributed by atoms with van der Waals surface area (Å²) in [5.41, 5.74) is 1.88. The number of carbonyl (C=O) groups excluding carboxylic acids is 1. The predicted octanol–water partition coefficient (Wildman–Crippen LogP) is 3.96. The van der Waals surface area contributed by atoms with Crippen LogP contribution in [0, 0.1) is 6.92 Å². The summed E-state index contributed by atoms with van der Waals surface area (Å²) in [6, 6.07) is 4.54. The molecule has 4 aromatic heterocycles. The average molecular weight is 420 g/mol. The fraction of sp³-hybridized carbons (Fsp3) is 0.0526. The van der Waals surface area contributed by atoms with Gasteiger partial charge in [0.05, 0.1) is 40.5 Å². The van der Waals surface area contributed by atoms with E-state index in [2.05, 4.69) is 25.3 Å². The Labute approximate surface area is 172 Å². The highest BCUT2D eigenvalue weighted by atomic mass is 32.1. The maximum absolute atomic E-state index is 12.9. The van der Waals surface area contributed by atoms with Crippen LogP contribution in [-0.2, 0) is 0 Å². The van der Waals surface area contributed by atoms with Crippen molar-refractivity contribution >= 4 is 50.6 Å². The van der Waals surface area contributed by atoms with E-state index < -0.39 is 12.0 Å². The van der Waals surface area contributed by atoms with Gasteiger partial charge < -0.3 is 15.2 Å².